The molecule has 1 N–H and O–H groups in total. The lowest BCUT2D eigenvalue weighted by molar-refractivity contribution is 0.121. The van der Waals surface area contributed by atoms with E-state index in [1.54, 1.807) is 0 Å². The molecule has 1 aromatic rings. The summed E-state index contributed by atoms with van der Waals surface area (Å²) in [4.78, 5) is 2.48. The van der Waals surface area contributed by atoms with Crippen LogP contribution in [-0.2, 0) is 0 Å². The summed E-state index contributed by atoms with van der Waals surface area (Å²) in [6.07, 6.45) is 5.62. The summed E-state index contributed by atoms with van der Waals surface area (Å²) in [6.45, 7) is 5.59. The molecular weight excluding hydrogens is 270 g/mol. The molecule has 0 saturated carbocycles. The Hall–Kier alpha value is -0.570. The molecule has 112 valence electrons. The molecule has 3 heteroatoms. The second-order valence-electron chi connectivity index (χ2n) is 5.90. The van der Waals surface area contributed by atoms with Gasteiger partial charge in [0.2, 0.25) is 0 Å². The molecular formula is C17H26ClNO. The van der Waals surface area contributed by atoms with Crippen molar-refractivity contribution in [1.29, 1.82) is 0 Å². The molecule has 20 heavy (non-hydrogen) atoms. The van der Waals surface area contributed by atoms with Gasteiger partial charge in [-0.25, -0.2) is 0 Å². The summed E-state index contributed by atoms with van der Waals surface area (Å²) in [6, 6.07) is 7.59. The highest BCUT2D eigenvalue weighted by molar-refractivity contribution is 6.31. The van der Waals surface area contributed by atoms with Crippen LogP contribution >= 0.6 is 11.6 Å². The molecule has 0 spiro atoms. The van der Waals surface area contributed by atoms with Crippen LogP contribution in [0.2, 0.25) is 5.02 Å². The standard InChI is InChI=1S/C17H26ClNO/c1-2-5-14-8-11-19(12-9-14)13-10-17(20)15-6-3-4-7-16(15)18/h3-4,6-7,14,17,20H,2,5,8-13H2,1H3. The molecule has 0 bridgehead atoms. The smallest absolute Gasteiger partial charge is 0.0816 e. The Morgan fingerprint density at radius 2 is 2.00 bits per heavy atom. The quantitative estimate of drug-likeness (QED) is 0.847. The van der Waals surface area contributed by atoms with Crippen molar-refractivity contribution in [3.63, 3.8) is 0 Å². The molecule has 1 aliphatic heterocycles. The monoisotopic (exact) mass is 295 g/mol. The lowest BCUT2D eigenvalue weighted by atomic mass is 9.92. The molecule has 1 saturated heterocycles. The Kier molecular flexibility index (Phi) is 6.34. The Bertz CT molecular complexity index is 402. The van der Waals surface area contributed by atoms with Gasteiger partial charge in [0, 0.05) is 11.6 Å². The second-order valence-corrected chi connectivity index (χ2v) is 6.31. The van der Waals surface area contributed by atoms with Crippen molar-refractivity contribution >= 4 is 11.6 Å². The largest absolute Gasteiger partial charge is 0.388 e. The zero-order valence-electron chi connectivity index (χ0n) is 12.4. The van der Waals surface area contributed by atoms with E-state index >= 15 is 0 Å². The fraction of sp³-hybridized carbons (Fsp3) is 0.647. The van der Waals surface area contributed by atoms with E-state index in [-0.39, 0.29) is 0 Å². The lowest BCUT2D eigenvalue weighted by Crippen LogP contribution is -2.34. The number of halogens is 1. The first kappa shape index (κ1) is 15.8. The molecule has 0 aliphatic carbocycles. The van der Waals surface area contributed by atoms with Crippen LogP contribution in [0.15, 0.2) is 24.3 Å². The molecule has 1 unspecified atom stereocenters. The summed E-state index contributed by atoms with van der Waals surface area (Å²) < 4.78 is 0. The lowest BCUT2D eigenvalue weighted by Gasteiger charge is -2.32. The van der Waals surface area contributed by atoms with Crippen LogP contribution in [0.25, 0.3) is 0 Å². The number of likely N-dealkylation sites (tertiary alicyclic amines) is 1. The first-order valence-electron chi connectivity index (χ1n) is 7.85. The summed E-state index contributed by atoms with van der Waals surface area (Å²) in [5.74, 6) is 0.921. The van der Waals surface area contributed by atoms with Crippen LogP contribution < -0.4 is 0 Å². The third kappa shape index (κ3) is 4.47. The van der Waals surface area contributed by atoms with E-state index in [1.165, 1.54) is 38.8 Å². The third-order valence-corrected chi connectivity index (χ3v) is 4.73. The maximum Gasteiger partial charge on any atom is 0.0816 e. The summed E-state index contributed by atoms with van der Waals surface area (Å²) in [5, 5.41) is 10.9. The summed E-state index contributed by atoms with van der Waals surface area (Å²) in [5.41, 5.74) is 0.857. The number of hydrogen-bond acceptors (Lipinski definition) is 2. The van der Waals surface area contributed by atoms with Gasteiger partial charge in [-0.2, -0.15) is 0 Å². The predicted molar refractivity (Wildman–Crippen MR) is 85.1 cm³/mol. The number of rotatable bonds is 6. The van der Waals surface area contributed by atoms with Crippen molar-refractivity contribution in [2.24, 2.45) is 5.92 Å². The number of hydrogen-bond donors (Lipinski definition) is 1. The minimum Gasteiger partial charge on any atom is -0.388 e. The van der Waals surface area contributed by atoms with Gasteiger partial charge in [-0.05, 0) is 49.9 Å². The maximum absolute atomic E-state index is 10.3. The van der Waals surface area contributed by atoms with Crippen molar-refractivity contribution in [3.05, 3.63) is 34.9 Å². The summed E-state index contributed by atoms with van der Waals surface area (Å²) >= 11 is 6.12. The van der Waals surface area contributed by atoms with Gasteiger partial charge >= 0.3 is 0 Å². The van der Waals surface area contributed by atoms with Crippen molar-refractivity contribution in [2.75, 3.05) is 19.6 Å². The fourth-order valence-corrected chi connectivity index (χ4v) is 3.37. The summed E-state index contributed by atoms with van der Waals surface area (Å²) in [7, 11) is 0. The molecule has 1 aliphatic rings. The Labute approximate surface area is 127 Å². The minimum atomic E-state index is -0.447. The van der Waals surface area contributed by atoms with Gasteiger partial charge in [-0.3, -0.25) is 0 Å². The van der Waals surface area contributed by atoms with Crippen LogP contribution in [0.3, 0.4) is 0 Å². The average Bonchev–Trinajstić information content (AvgIpc) is 2.47. The highest BCUT2D eigenvalue weighted by Crippen LogP contribution is 2.26. The van der Waals surface area contributed by atoms with Crippen LogP contribution in [0.4, 0.5) is 0 Å². The van der Waals surface area contributed by atoms with E-state index < -0.39 is 6.10 Å². The van der Waals surface area contributed by atoms with E-state index in [2.05, 4.69) is 11.8 Å². The van der Waals surface area contributed by atoms with E-state index in [1.807, 2.05) is 24.3 Å². The average molecular weight is 296 g/mol. The Morgan fingerprint density at radius 3 is 2.65 bits per heavy atom. The molecule has 1 atom stereocenters. The predicted octanol–water partition coefficient (Wildman–Crippen LogP) is 4.28. The number of aliphatic hydroxyl groups is 1. The van der Waals surface area contributed by atoms with Crippen molar-refractivity contribution in [2.45, 2.75) is 45.1 Å². The molecule has 0 amide bonds. The zero-order valence-corrected chi connectivity index (χ0v) is 13.1. The van der Waals surface area contributed by atoms with Gasteiger partial charge in [0.1, 0.15) is 0 Å². The SMILES string of the molecule is CCCC1CCN(CCC(O)c2ccccc2Cl)CC1. The molecule has 2 rings (SSSR count). The van der Waals surface area contributed by atoms with Crippen LogP contribution in [-0.4, -0.2) is 29.6 Å². The van der Waals surface area contributed by atoms with Gasteiger partial charge in [-0.15, -0.1) is 0 Å². The minimum absolute atomic E-state index is 0.447. The van der Waals surface area contributed by atoms with Crippen LogP contribution in [0.5, 0.6) is 0 Å². The van der Waals surface area contributed by atoms with E-state index in [0.29, 0.717) is 5.02 Å². The second kappa shape index (κ2) is 8.02. The highest BCUT2D eigenvalue weighted by Gasteiger charge is 2.19. The van der Waals surface area contributed by atoms with Crippen LogP contribution in [0.1, 0.15) is 50.7 Å². The molecule has 0 radical (unpaired) electrons. The first-order valence-corrected chi connectivity index (χ1v) is 8.23. The van der Waals surface area contributed by atoms with Gasteiger partial charge < -0.3 is 10.0 Å². The number of aliphatic hydroxyl groups excluding tert-OH is 1. The van der Waals surface area contributed by atoms with Crippen molar-refractivity contribution < 1.29 is 5.11 Å². The number of nitrogens with zero attached hydrogens (tertiary/aromatic N) is 1. The highest BCUT2D eigenvalue weighted by atomic mass is 35.5. The third-order valence-electron chi connectivity index (χ3n) is 4.39. The topological polar surface area (TPSA) is 23.5 Å². The van der Waals surface area contributed by atoms with Gasteiger partial charge in [0.15, 0.2) is 0 Å². The Balaban J connectivity index is 1.75. The van der Waals surface area contributed by atoms with E-state index in [0.717, 1.165) is 24.4 Å². The molecule has 1 aromatic carbocycles. The van der Waals surface area contributed by atoms with E-state index in [9.17, 15) is 5.11 Å². The maximum atomic E-state index is 10.3. The van der Waals surface area contributed by atoms with Crippen LogP contribution in [0, 0.1) is 5.92 Å². The normalized spacial score (nSPS) is 19.1. The Morgan fingerprint density at radius 1 is 1.30 bits per heavy atom. The molecule has 2 nitrogen and oxygen atoms in total. The van der Waals surface area contributed by atoms with Crippen molar-refractivity contribution in [1.82, 2.24) is 4.90 Å². The number of piperidine rings is 1. The zero-order chi connectivity index (χ0) is 14.4. The van der Waals surface area contributed by atoms with Gasteiger partial charge in [0.25, 0.3) is 0 Å². The molecule has 1 fully saturated rings. The first-order chi connectivity index (χ1) is 9.70. The molecule has 1 heterocycles. The number of benzene rings is 1. The fourth-order valence-electron chi connectivity index (χ4n) is 3.11. The molecule has 0 aromatic heterocycles. The van der Waals surface area contributed by atoms with Gasteiger partial charge in [-0.1, -0.05) is 49.6 Å². The van der Waals surface area contributed by atoms with Gasteiger partial charge in [0.05, 0.1) is 6.10 Å². The van der Waals surface area contributed by atoms with Crippen molar-refractivity contribution in [3.8, 4) is 0 Å². The van der Waals surface area contributed by atoms with E-state index in [4.69, 9.17) is 11.6 Å².